The number of aromatic nitrogens is 1. The maximum atomic E-state index is 14.5. The van der Waals surface area contributed by atoms with Crippen molar-refractivity contribution in [2.75, 3.05) is 6.61 Å². The third-order valence-corrected chi connectivity index (χ3v) is 3.94. The summed E-state index contributed by atoms with van der Waals surface area (Å²) in [6.07, 6.45) is 0. The van der Waals surface area contributed by atoms with Crippen LogP contribution >= 0.6 is 0 Å². The van der Waals surface area contributed by atoms with Crippen LogP contribution in [0, 0.1) is 12.7 Å². The second kappa shape index (κ2) is 6.43. The molecule has 0 aliphatic carbocycles. The summed E-state index contributed by atoms with van der Waals surface area (Å²) in [5.41, 5.74) is 6.18. The van der Waals surface area contributed by atoms with Gasteiger partial charge >= 0.3 is 5.97 Å². The van der Waals surface area contributed by atoms with Gasteiger partial charge in [-0.05, 0) is 19.9 Å². The van der Waals surface area contributed by atoms with Gasteiger partial charge < -0.3 is 20.2 Å². The van der Waals surface area contributed by atoms with Gasteiger partial charge in [0.25, 0.3) is 5.56 Å². The number of aromatic amines is 1. The van der Waals surface area contributed by atoms with E-state index in [4.69, 9.17) is 15.2 Å². The molecule has 0 bridgehead atoms. The van der Waals surface area contributed by atoms with Gasteiger partial charge in [-0.25, -0.2) is 9.18 Å². The molecule has 0 fully saturated rings. The number of ether oxygens (including phenoxy) is 2. The van der Waals surface area contributed by atoms with Crippen molar-refractivity contribution in [1.29, 1.82) is 0 Å². The highest BCUT2D eigenvalue weighted by molar-refractivity contribution is 5.92. The number of nitrogens with one attached hydrogen (secondary N) is 1. The summed E-state index contributed by atoms with van der Waals surface area (Å²) in [7, 11) is 0. The molecule has 1 aliphatic rings. The lowest BCUT2D eigenvalue weighted by Crippen LogP contribution is -2.32. The van der Waals surface area contributed by atoms with Crippen molar-refractivity contribution in [2.45, 2.75) is 19.8 Å². The van der Waals surface area contributed by atoms with E-state index in [-0.39, 0.29) is 34.9 Å². The molecule has 1 unspecified atom stereocenters. The second-order valence-corrected chi connectivity index (χ2v) is 5.61. The van der Waals surface area contributed by atoms with Gasteiger partial charge in [0.15, 0.2) is 0 Å². The standard InChI is InChI=1S/C18H17FN2O4/c1-3-24-18(23)15-13(10-6-4-5-7-11(10)19)14-12(25-16(15)20)8-9(2)21-17(14)22/h4-8,13H,3,20H2,1-2H3,(H,21,22). The number of rotatable bonds is 3. The van der Waals surface area contributed by atoms with Crippen molar-refractivity contribution in [3.05, 3.63) is 74.8 Å². The van der Waals surface area contributed by atoms with Crippen LogP contribution in [0.5, 0.6) is 5.75 Å². The zero-order valence-corrected chi connectivity index (χ0v) is 13.8. The average Bonchev–Trinajstić information content (AvgIpc) is 2.53. The minimum Gasteiger partial charge on any atom is -0.462 e. The monoisotopic (exact) mass is 344 g/mol. The van der Waals surface area contributed by atoms with E-state index in [1.54, 1.807) is 26.0 Å². The van der Waals surface area contributed by atoms with Crippen LogP contribution < -0.4 is 16.0 Å². The summed E-state index contributed by atoms with van der Waals surface area (Å²) >= 11 is 0. The van der Waals surface area contributed by atoms with Crippen LogP contribution in [0.4, 0.5) is 4.39 Å². The number of hydrogen-bond donors (Lipinski definition) is 2. The first-order valence-corrected chi connectivity index (χ1v) is 7.76. The number of carbonyl (C=O) groups is 1. The Morgan fingerprint density at radius 2 is 2.12 bits per heavy atom. The van der Waals surface area contributed by atoms with Crippen LogP contribution in [0.2, 0.25) is 0 Å². The summed E-state index contributed by atoms with van der Waals surface area (Å²) in [6.45, 7) is 3.43. The molecular weight excluding hydrogens is 327 g/mol. The lowest BCUT2D eigenvalue weighted by molar-refractivity contribution is -0.139. The van der Waals surface area contributed by atoms with Gasteiger partial charge in [-0.15, -0.1) is 0 Å². The molecule has 3 rings (SSSR count). The Labute approximate surface area is 143 Å². The number of fused-ring (bicyclic) bond motifs is 1. The van der Waals surface area contributed by atoms with Gasteiger partial charge in [0, 0.05) is 17.3 Å². The Morgan fingerprint density at radius 3 is 2.80 bits per heavy atom. The molecule has 25 heavy (non-hydrogen) atoms. The molecule has 3 N–H and O–H groups in total. The molecule has 7 heteroatoms. The maximum absolute atomic E-state index is 14.5. The van der Waals surface area contributed by atoms with Crippen LogP contribution in [-0.4, -0.2) is 17.6 Å². The Kier molecular flexibility index (Phi) is 4.31. The number of H-pyrrole nitrogens is 1. The summed E-state index contributed by atoms with van der Waals surface area (Å²) in [5, 5.41) is 0. The van der Waals surface area contributed by atoms with Crippen molar-refractivity contribution >= 4 is 5.97 Å². The van der Waals surface area contributed by atoms with Gasteiger partial charge in [-0.3, -0.25) is 4.79 Å². The predicted molar refractivity (Wildman–Crippen MR) is 88.5 cm³/mol. The number of benzene rings is 1. The Morgan fingerprint density at radius 1 is 1.40 bits per heavy atom. The molecule has 0 saturated carbocycles. The summed E-state index contributed by atoms with van der Waals surface area (Å²) in [5.74, 6) is -2.34. The molecule has 130 valence electrons. The number of halogens is 1. The largest absolute Gasteiger partial charge is 0.462 e. The Bertz CT molecular complexity index is 933. The number of pyridine rings is 1. The summed E-state index contributed by atoms with van der Waals surface area (Å²) in [6, 6.07) is 7.48. The molecule has 1 aliphatic heterocycles. The van der Waals surface area contributed by atoms with Gasteiger partial charge in [0.05, 0.1) is 18.1 Å². The SMILES string of the molecule is CCOC(=O)C1=C(N)Oc2cc(C)[nH]c(=O)c2C1c1ccccc1F. The van der Waals surface area contributed by atoms with E-state index in [1.165, 1.54) is 18.2 Å². The molecule has 1 atom stereocenters. The highest BCUT2D eigenvalue weighted by atomic mass is 19.1. The minimum absolute atomic E-state index is 0.0891. The highest BCUT2D eigenvalue weighted by Crippen LogP contribution is 2.41. The second-order valence-electron chi connectivity index (χ2n) is 5.61. The molecule has 2 heterocycles. The molecule has 6 nitrogen and oxygen atoms in total. The predicted octanol–water partition coefficient (Wildman–Crippen LogP) is 2.08. The first-order valence-electron chi connectivity index (χ1n) is 7.76. The normalized spacial score (nSPS) is 16.2. The van der Waals surface area contributed by atoms with E-state index in [2.05, 4.69) is 4.98 Å². The molecule has 0 spiro atoms. The fourth-order valence-corrected chi connectivity index (χ4v) is 2.93. The van der Waals surface area contributed by atoms with E-state index in [1.807, 2.05) is 0 Å². The van der Waals surface area contributed by atoms with E-state index >= 15 is 0 Å². The summed E-state index contributed by atoms with van der Waals surface area (Å²) < 4.78 is 25.0. The van der Waals surface area contributed by atoms with Gasteiger partial charge in [-0.2, -0.15) is 0 Å². The third kappa shape index (κ3) is 2.88. The minimum atomic E-state index is -1.02. The van der Waals surface area contributed by atoms with Crippen LogP contribution in [0.1, 0.15) is 29.7 Å². The molecule has 0 amide bonds. The van der Waals surface area contributed by atoms with E-state index in [0.29, 0.717) is 5.69 Å². The van der Waals surface area contributed by atoms with Gasteiger partial charge in [0.2, 0.25) is 5.88 Å². The zero-order chi connectivity index (χ0) is 18.1. The lowest BCUT2D eigenvalue weighted by atomic mass is 9.83. The number of nitrogens with two attached hydrogens (primary N) is 1. The van der Waals surface area contributed by atoms with Crippen molar-refractivity contribution in [3.8, 4) is 5.75 Å². The Hall–Kier alpha value is -3.09. The smallest absolute Gasteiger partial charge is 0.340 e. The number of hydrogen-bond acceptors (Lipinski definition) is 5. The van der Waals surface area contributed by atoms with Crippen LogP contribution in [0.15, 0.2) is 46.6 Å². The Balaban J connectivity index is 2.30. The molecule has 1 aromatic heterocycles. The number of carbonyl (C=O) groups excluding carboxylic acids is 1. The highest BCUT2D eigenvalue weighted by Gasteiger charge is 2.38. The molecule has 2 aromatic rings. The van der Waals surface area contributed by atoms with Crippen LogP contribution in [0.25, 0.3) is 0 Å². The quantitative estimate of drug-likeness (QED) is 0.832. The average molecular weight is 344 g/mol. The number of esters is 1. The molecule has 1 aromatic carbocycles. The first kappa shape index (κ1) is 16.8. The van der Waals surface area contributed by atoms with Gasteiger partial charge in [0.1, 0.15) is 17.1 Å². The van der Waals surface area contributed by atoms with Crippen molar-refractivity contribution in [1.82, 2.24) is 4.98 Å². The zero-order valence-electron chi connectivity index (χ0n) is 13.8. The third-order valence-electron chi connectivity index (χ3n) is 3.94. The van der Waals surface area contributed by atoms with Crippen LogP contribution in [0.3, 0.4) is 0 Å². The van der Waals surface area contributed by atoms with Crippen LogP contribution in [-0.2, 0) is 9.53 Å². The fourth-order valence-electron chi connectivity index (χ4n) is 2.93. The molecular formula is C18H17FN2O4. The fraction of sp³-hybridized carbons (Fsp3) is 0.222. The van der Waals surface area contributed by atoms with E-state index in [0.717, 1.165) is 0 Å². The molecule has 0 radical (unpaired) electrons. The van der Waals surface area contributed by atoms with Crippen molar-refractivity contribution in [2.24, 2.45) is 5.73 Å². The lowest BCUT2D eigenvalue weighted by Gasteiger charge is -2.28. The summed E-state index contributed by atoms with van der Waals surface area (Å²) in [4.78, 5) is 27.6. The number of aryl methyl sites for hydroxylation is 1. The van der Waals surface area contributed by atoms with E-state index in [9.17, 15) is 14.0 Å². The van der Waals surface area contributed by atoms with Crippen molar-refractivity contribution < 1.29 is 18.7 Å². The van der Waals surface area contributed by atoms with E-state index < -0.39 is 23.3 Å². The van der Waals surface area contributed by atoms with Crippen molar-refractivity contribution in [3.63, 3.8) is 0 Å². The first-order chi connectivity index (χ1) is 11.9. The van der Waals surface area contributed by atoms with Gasteiger partial charge in [-0.1, -0.05) is 18.2 Å². The topological polar surface area (TPSA) is 94.4 Å². The molecule has 0 saturated heterocycles. The maximum Gasteiger partial charge on any atom is 0.340 e.